The van der Waals surface area contributed by atoms with Crippen LogP contribution < -0.4 is 5.32 Å². The highest BCUT2D eigenvalue weighted by atomic mass is 16.1. The van der Waals surface area contributed by atoms with E-state index < -0.39 is 0 Å². The average molecular weight is 426 g/mol. The van der Waals surface area contributed by atoms with Gasteiger partial charge in [-0.05, 0) is 72.9 Å². The number of unbranched alkanes of at least 4 members (excludes halogenated alkanes) is 3. The van der Waals surface area contributed by atoms with Gasteiger partial charge in [-0.3, -0.25) is 9.78 Å². The fourth-order valence-corrected chi connectivity index (χ4v) is 4.07. The highest BCUT2D eigenvalue weighted by molar-refractivity contribution is 6.05. The summed E-state index contributed by atoms with van der Waals surface area (Å²) >= 11 is 0. The third-order valence-electron chi connectivity index (χ3n) is 5.98. The molecule has 4 rings (SSSR count). The zero-order valence-electron chi connectivity index (χ0n) is 19.0. The van der Waals surface area contributed by atoms with Crippen LogP contribution in [-0.2, 0) is 13.0 Å². The van der Waals surface area contributed by atoms with Crippen molar-refractivity contribution in [2.45, 2.75) is 52.5 Å². The summed E-state index contributed by atoms with van der Waals surface area (Å²) in [4.78, 5) is 17.5. The van der Waals surface area contributed by atoms with E-state index in [9.17, 15) is 4.79 Å². The molecule has 0 radical (unpaired) electrons. The highest BCUT2D eigenvalue weighted by Gasteiger charge is 2.11. The van der Waals surface area contributed by atoms with Crippen molar-refractivity contribution in [3.05, 3.63) is 95.4 Å². The van der Waals surface area contributed by atoms with Crippen LogP contribution in [0, 0.1) is 6.92 Å². The molecule has 1 N–H and O–H groups in total. The van der Waals surface area contributed by atoms with Crippen LogP contribution in [0.4, 0.5) is 5.69 Å². The maximum absolute atomic E-state index is 12.8. The number of nitrogens with zero attached hydrogens (tertiary/aromatic N) is 2. The number of aromatic nitrogens is 2. The van der Waals surface area contributed by atoms with Gasteiger partial charge >= 0.3 is 0 Å². The number of carbonyl (C=O) groups excluding carboxylic acids is 1. The molecule has 2 aromatic heterocycles. The lowest BCUT2D eigenvalue weighted by Gasteiger charge is -2.12. The minimum atomic E-state index is -0.0887. The number of hydrogen-bond donors (Lipinski definition) is 1. The summed E-state index contributed by atoms with van der Waals surface area (Å²) in [6, 6.07) is 18.2. The molecule has 0 bridgehead atoms. The molecule has 4 heteroatoms. The van der Waals surface area contributed by atoms with Crippen LogP contribution in [0.5, 0.6) is 0 Å². The Kier molecular flexibility index (Phi) is 7.00. The van der Waals surface area contributed by atoms with Crippen molar-refractivity contribution in [2.75, 3.05) is 5.32 Å². The van der Waals surface area contributed by atoms with Crippen molar-refractivity contribution in [2.24, 2.45) is 0 Å². The molecule has 0 aliphatic heterocycles. The van der Waals surface area contributed by atoms with Crippen LogP contribution >= 0.6 is 0 Å². The molecule has 2 aromatic carbocycles. The largest absolute Gasteiger partial charge is 0.350 e. The molecule has 0 atom stereocenters. The number of rotatable bonds is 9. The van der Waals surface area contributed by atoms with E-state index in [1.165, 1.54) is 31.2 Å². The van der Waals surface area contributed by atoms with Gasteiger partial charge in [-0.15, -0.1) is 0 Å². The fourth-order valence-electron chi connectivity index (χ4n) is 4.07. The molecule has 0 saturated heterocycles. The number of hydrogen-bond acceptors (Lipinski definition) is 2. The van der Waals surface area contributed by atoms with Crippen molar-refractivity contribution in [3.8, 4) is 0 Å². The van der Waals surface area contributed by atoms with Gasteiger partial charge in [0, 0.05) is 41.8 Å². The van der Waals surface area contributed by atoms with Crippen molar-refractivity contribution in [3.63, 3.8) is 0 Å². The maximum atomic E-state index is 12.8. The number of anilines is 1. The van der Waals surface area contributed by atoms with Crippen LogP contribution in [0.15, 0.2) is 73.2 Å². The second-order valence-corrected chi connectivity index (χ2v) is 8.47. The number of fused-ring (bicyclic) bond motifs is 1. The van der Waals surface area contributed by atoms with Gasteiger partial charge in [0.05, 0.1) is 5.52 Å². The minimum absolute atomic E-state index is 0.0887. The van der Waals surface area contributed by atoms with Crippen molar-refractivity contribution in [1.29, 1.82) is 0 Å². The van der Waals surface area contributed by atoms with Crippen LogP contribution in [0.1, 0.15) is 59.7 Å². The van der Waals surface area contributed by atoms with Gasteiger partial charge in [-0.25, -0.2) is 0 Å². The first-order valence-corrected chi connectivity index (χ1v) is 11.5. The Morgan fingerprint density at radius 1 is 0.969 bits per heavy atom. The minimum Gasteiger partial charge on any atom is -0.350 e. The molecular weight excluding hydrogens is 394 g/mol. The molecule has 0 aliphatic rings. The second kappa shape index (κ2) is 10.3. The molecule has 2 heterocycles. The van der Waals surface area contributed by atoms with Crippen LogP contribution in [0.25, 0.3) is 10.9 Å². The fraction of sp³-hybridized carbons (Fsp3) is 0.286. The molecule has 164 valence electrons. The van der Waals surface area contributed by atoms with Crippen LogP contribution in [0.2, 0.25) is 0 Å². The summed E-state index contributed by atoms with van der Waals surface area (Å²) in [6.45, 7) is 5.03. The summed E-state index contributed by atoms with van der Waals surface area (Å²) in [7, 11) is 0. The molecule has 4 aromatic rings. The van der Waals surface area contributed by atoms with Gasteiger partial charge in [0.25, 0.3) is 5.91 Å². The third-order valence-corrected chi connectivity index (χ3v) is 5.98. The predicted molar refractivity (Wildman–Crippen MR) is 132 cm³/mol. The van der Waals surface area contributed by atoms with Gasteiger partial charge < -0.3 is 9.88 Å². The number of carbonyl (C=O) groups is 1. The van der Waals surface area contributed by atoms with Gasteiger partial charge in [-0.2, -0.15) is 0 Å². The quantitative estimate of drug-likeness (QED) is 0.301. The van der Waals surface area contributed by atoms with E-state index in [0.717, 1.165) is 40.7 Å². The van der Waals surface area contributed by atoms with E-state index in [4.69, 9.17) is 4.98 Å². The van der Waals surface area contributed by atoms with E-state index in [1.807, 2.05) is 61.9 Å². The van der Waals surface area contributed by atoms with Crippen LogP contribution in [-0.4, -0.2) is 15.5 Å². The molecule has 1 amide bonds. The number of nitrogens with one attached hydrogen (secondary N) is 1. The molecular formula is C28H31N3O. The first kappa shape index (κ1) is 21.8. The zero-order valence-corrected chi connectivity index (χ0v) is 19.0. The summed E-state index contributed by atoms with van der Waals surface area (Å²) in [6.07, 6.45) is 12.1. The molecule has 32 heavy (non-hydrogen) atoms. The summed E-state index contributed by atoms with van der Waals surface area (Å²) in [5.41, 5.74) is 5.82. The molecule has 0 fully saturated rings. The standard InChI is InChI=1S/C28H31N3O/c1-3-4-5-6-9-22-10-12-24(13-11-22)28(32)30-26-15-14-25-18-23(19-29-27(25)21(26)2)20-31-16-7-8-17-31/h7-8,10-19H,3-6,9,20H2,1-2H3,(H,30,32). The summed E-state index contributed by atoms with van der Waals surface area (Å²) in [5.74, 6) is -0.0887. The average Bonchev–Trinajstić information content (AvgIpc) is 3.32. The number of benzene rings is 2. The smallest absolute Gasteiger partial charge is 0.255 e. The van der Waals surface area contributed by atoms with Gasteiger partial charge in [0.2, 0.25) is 0 Å². The number of amides is 1. The first-order valence-electron chi connectivity index (χ1n) is 11.5. The summed E-state index contributed by atoms with van der Waals surface area (Å²) < 4.78 is 2.13. The predicted octanol–water partition coefficient (Wildman–Crippen LogP) is 6.77. The molecule has 4 nitrogen and oxygen atoms in total. The van der Waals surface area contributed by atoms with Crippen molar-refractivity contribution < 1.29 is 4.79 Å². The van der Waals surface area contributed by atoms with Gasteiger partial charge in [0.15, 0.2) is 0 Å². The zero-order chi connectivity index (χ0) is 22.3. The third kappa shape index (κ3) is 5.25. The van der Waals surface area contributed by atoms with E-state index in [-0.39, 0.29) is 5.91 Å². The Hall–Kier alpha value is -3.40. The monoisotopic (exact) mass is 425 g/mol. The topological polar surface area (TPSA) is 46.9 Å². The second-order valence-electron chi connectivity index (χ2n) is 8.47. The maximum Gasteiger partial charge on any atom is 0.255 e. The van der Waals surface area contributed by atoms with Crippen LogP contribution in [0.3, 0.4) is 0 Å². The normalized spacial score (nSPS) is 11.1. The van der Waals surface area contributed by atoms with Gasteiger partial charge in [0.1, 0.15) is 0 Å². The van der Waals surface area contributed by atoms with E-state index in [1.54, 1.807) is 0 Å². The van der Waals surface area contributed by atoms with E-state index in [0.29, 0.717) is 5.56 Å². The SMILES string of the molecule is CCCCCCc1ccc(C(=O)Nc2ccc3cc(Cn4cccc4)cnc3c2C)cc1. The van der Waals surface area contributed by atoms with Crippen molar-refractivity contribution >= 4 is 22.5 Å². The lowest BCUT2D eigenvalue weighted by Crippen LogP contribution is -2.13. The number of aryl methyl sites for hydroxylation is 2. The highest BCUT2D eigenvalue weighted by Crippen LogP contribution is 2.25. The Balaban J connectivity index is 1.44. The van der Waals surface area contributed by atoms with E-state index in [2.05, 4.69) is 35.0 Å². The molecule has 0 unspecified atom stereocenters. The summed E-state index contributed by atoms with van der Waals surface area (Å²) in [5, 5.41) is 4.15. The van der Waals surface area contributed by atoms with Gasteiger partial charge in [-0.1, -0.05) is 44.4 Å². The Labute approximate surface area is 190 Å². The first-order chi connectivity index (χ1) is 15.6. The molecule has 0 spiro atoms. The molecule has 0 saturated carbocycles. The molecule has 0 aliphatic carbocycles. The number of pyridine rings is 1. The lowest BCUT2D eigenvalue weighted by atomic mass is 10.0. The Bertz CT molecular complexity index is 1180. The Morgan fingerprint density at radius 3 is 2.50 bits per heavy atom. The Morgan fingerprint density at radius 2 is 1.75 bits per heavy atom. The van der Waals surface area contributed by atoms with E-state index >= 15 is 0 Å². The lowest BCUT2D eigenvalue weighted by molar-refractivity contribution is 0.102. The van der Waals surface area contributed by atoms with Crippen molar-refractivity contribution in [1.82, 2.24) is 9.55 Å².